The van der Waals surface area contributed by atoms with Crippen molar-refractivity contribution < 1.29 is 0 Å². The van der Waals surface area contributed by atoms with Gasteiger partial charge in [-0.1, -0.05) is 13.8 Å². The molecule has 2 heteroatoms. The van der Waals surface area contributed by atoms with Gasteiger partial charge in [-0.2, -0.15) is 0 Å². The van der Waals surface area contributed by atoms with Crippen LogP contribution < -0.4 is 5.32 Å². The van der Waals surface area contributed by atoms with E-state index in [0.29, 0.717) is 0 Å². The van der Waals surface area contributed by atoms with Gasteiger partial charge in [-0.3, -0.25) is 0 Å². The van der Waals surface area contributed by atoms with Crippen LogP contribution >= 0.6 is 0 Å². The van der Waals surface area contributed by atoms with E-state index in [2.05, 4.69) is 31.1 Å². The predicted molar refractivity (Wildman–Crippen MR) is 53.4 cm³/mol. The van der Waals surface area contributed by atoms with Crippen molar-refractivity contribution in [2.24, 2.45) is 5.92 Å². The van der Waals surface area contributed by atoms with Gasteiger partial charge in [0.25, 0.3) is 0 Å². The third-order valence-corrected chi connectivity index (χ3v) is 2.84. The van der Waals surface area contributed by atoms with Crippen LogP contribution in [0.3, 0.4) is 0 Å². The highest BCUT2D eigenvalue weighted by Gasteiger charge is 2.19. The third kappa shape index (κ3) is 3.11. The smallest absolute Gasteiger partial charge is 0.00823 e. The van der Waals surface area contributed by atoms with Crippen molar-refractivity contribution in [2.45, 2.75) is 32.7 Å². The fourth-order valence-electron chi connectivity index (χ4n) is 1.77. The first-order chi connectivity index (χ1) is 5.72. The third-order valence-electron chi connectivity index (χ3n) is 2.84. The average molecular weight is 170 g/mol. The quantitative estimate of drug-likeness (QED) is 0.684. The van der Waals surface area contributed by atoms with Gasteiger partial charge >= 0.3 is 0 Å². The molecule has 0 saturated carbocycles. The normalized spacial score (nSPS) is 30.0. The van der Waals surface area contributed by atoms with Crippen LogP contribution in [0.5, 0.6) is 0 Å². The van der Waals surface area contributed by atoms with E-state index >= 15 is 0 Å². The topological polar surface area (TPSA) is 15.3 Å². The van der Waals surface area contributed by atoms with Gasteiger partial charge in [-0.15, -0.1) is 0 Å². The van der Waals surface area contributed by atoms with Gasteiger partial charge in [0.2, 0.25) is 0 Å². The summed E-state index contributed by atoms with van der Waals surface area (Å²) < 4.78 is 0. The Morgan fingerprint density at radius 1 is 1.50 bits per heavy atom. The Morgan fingerprint density at radius 2 is 2.25 bits per heavy atom. The van der Waals surface area contributed by atoms with Crippen LogP contribution in [0.2, 0.25) is 0 Å². The van der Waals surface area contributed by atoms with E-state index in [0.717, 1.165) is 12.0 Å². The Labute approximate surface area is 76.3 Å². The molecule has 72 valence electrons. The highest BCUT2D eigenvalue weighted by atomic mass is 15.1. The van der Waals surface area contributed by atoms with Crippen LogP contribution in [0, 0.1) is 5.92 Å². The van der Waals surface area contributed by atoms with Crippen LogP contribution in [0.25, 0.3) is 0 Å². The molecular weight excluding hydrogens is 148 g/mol. The molecule has 2 atom stereocenters. The molecule has 1 saturated heterocycles. The maximum Gasteiger partial charge on any atom is 0.00823 e. The Balaban J connectivity index is 2.07. The van der Waals surface area contributed by atoms with Crippen LogP contribution in [0.1, 0.15) is 26.7 Å². The highest BCUT2D eigenvalue weighted by molar-refractivity contribution is 4.79. The largest absolute Gasteiger partial charge is 0.314 e. The van der Waals surface area contributed by atoms with Gasteiger partial charge in [-0.05, 0) is 45.4 Å². The summed E-state index contributed by atoms with van der Waals surface area (Å²) in [6.07, 6.45) is 2.69. The molecule has 0 spiro atoms. The second-order valence-corrected chi connectivity index (χ2v) is 4.13. The maximum absolute atomic E-state index is 3.56. The fraction of sp³-hybridized carbons (Fsp3) is 1.00. The van der Waals surface area contributed by atoms with Crippen molar-refractivity contribution in [1.29, 1.82) is 0 Å². The van der Waals surface area contributed by atoms with Crippen LogP contribution in [-0.4, -0.2) is 37.6 Å². The van der Waals surface area contributed by atoms with E-state index in [-0.39, 0.29) is 0 Å². The molecule has 0 aliphatic carbocycles. The van der Waals surface area contributed by atoms with Crippen LogP contribution in [0.4, 0.5) is 0 Å². The Morgan fingerprint density at radius 3 is 2.75 bits per heavy atom. The predicted octanol–water partition coefficient (Wildman–Crippen LogP) is 1.33. The molecule has 2 nitrogen and oxygen atoms in total. The summed E-state index contributed by atoms with van der Waals surface area (Å²) >= 11 is 0. The number of hydrogen-bond acceptors (Lipinski definition) is 2. The van der Waals surface area contributed by atoms with Gasteiger partial charge in [0.15, 0.2) is 0 Å². The minimum Gasteiger partial charge on any atom is -0.314 e. The van der Waals surface area contributed by atoms with Crippen LogP contribution in [-0.2, 0) is 0 Å². The summed E-state index contributed by atoms with van der Waals surface area (Å²) in [5.41, 5.74) is 0. The van der Waals surface area contributed by atoms with E-state index in [1.807, 2.05) is 0 Å². The molecule has 1 aliphatic heterocycles. The molecule has 12 heavy (non-hydrogen) atoms. The second-order valence-electron chi connectivity index (χ2n) is 4.13. The van der Waals surface area contributed by atoms with Gasteiger partial charge in [0, 0.05) is 6.04 Å². The fourth-order valence-corrected chi connectivity index (χ4v) is 1.77. The molecule has 0 radical (unpaired) electrons. The first-order valence-electron chi connectivity index (χ1n) is 5.14. The Kier molecular flexibility index (Phi) is 4.02. The molecule has 0 aromatic rings. The average Bonchev–Trinajstić information content (AvgIpc) is 2.47. The monoisotopic (exact) mass is 170 g/mol. The first-order valence-corrected chi connectivity index (χ1v) is 5.14. The zero-order chi connectivity index (χ0) is 8.97. The first kappa shape index (κ1) is 10.0. The van der Waals surface area contributed by atoms with Gasteiger partial charge in [0.1, 0.15) is 0 Å². The number of nitrogens with one attached hydrogen (secondary N) is 1. The van der Waals surface area contributed by atoms with Crippen molar-refractivity contribution >= 4 is 0 Å². The lowest BCUT2D eigenvalue weighted by Crippen LogP contribution is -2.28. The lowest BCUT2D eigenvalue weighted by Gasteiger charge is -2.16. The van der Waals surface area contributed by atoms with Crippen molar-refractivity contribution in [1.82, 2.24) is 10.2 Å². The molecule has 1 heterocycles. The van der Waals surface area contributed by atoms with Gasteiger partial charge in [-0.25, -0.2) is 0 Å². The molecule has 1 aliphatic rings. The van der Waals surface area contributed by atoms with E-state index < -0.39 is 0 Å². The molecule has 1 fully saturated rings. The Bertz CT molecular complexity index is 125. The number of hydrogen-bond donors (Lipinski definition) is 1. The van der Waals surface area contributed by atoms with E-state index in [9.17, 15) is 0 Å². The van der Waals surface area contributed by atoms with Crippen LogP contribution in [0.15, 0.2) is 0 Å². The zero-order valence-corrected chi connectivity index (χ0v) is 8.64. The molecule has 0 bridgehead atoms. The van der Waals surface area contributed by atoms with Crippen molar-refractivity contribution in [3.05, 3.63) is 0 Å². The zero-order valence-electron chi connectivity index (χ0n) is 8.64. The molecule has 2 unspecified atom stereocenters. The molecule has 0 amide bonds. The summed E-state index contributed by atoms with van der Waals surface area (Å²) in [7, 11) is 2.19. The lowest BCUT2D eigenvalue weighted by atomic mass is 10.1. The molecular formula is C10H22N2. The van der Waals surface area contributed by atoms with Crippen molar-refractivity contribution in [3.63, 3.8) is 0 Å². The Hall–Kier alpha value is -0.0800. The lowest BCUT2D eigenvalue weighted by molar-refractivity contribution is 0.327. The molecule has 0 aromatic carbocycles. The number of nitrogens with zero attached hydrogens (tertiary/aromatic N) is 1. The maximum atomic E-state index is 3.56. The minimum atomic E-state index is 0.786. The minimum absolute atomic E-state index is 0.786. The van der Waals surface area contributed by atoms with Crippen molar-refractivity contribution in [3.8, 4) is 0 Å². The van der Waals surface area contributed by atoms with Gasteiger partial charge in [0.05, 0.1) is 0 Å². The standard InChI is InChI=1S/C10H22N2/c1-4-12(3)6-5-10-7-9(2)8-11-10/h9-11H,4-8H2,1-3H3. The highest BCUT2D eigenvalue weighted by Crippen LogP contribution is 2.15. The van der Waals surface area contributed by atoms with Gasteiger partial charge < -0.3 is 10.2 Å². The molecule has 0 aromatic heterocycles. The van der Waals surface area contributed by atoms with Crippen molar-refractivity contribution in [2.75, 3.05) is 26.7 Å². The SMILES string of the molecule is CCN(C)CCC1CC(C)CN1. The summed E-state index contributed by atoms with van der Waals surface area (Å²) in [6, 6.07) is 0.786. The van der Waals surface area contributed by atoms with E-state index in [4.69, 9.17) is 0 Å². The summed E-state index contributed by atoms with van der Waals surface area (Å²) in [4.78, 5) is 2.38. The van der Waals surface area contributed by atoms with E-state index in [1.54, 1.807) is 0 Å². The molecule has 1 rings (SSSR count). The second kappa shape index (κ2) is 4.83. The summed E-state index contributed by atoms with van der Waals surface area (Å²) in [5, 5.41) is 3.56. The van der Waals surface area contributed by atoms with E-state index in [1.165, 1.54) is 32.5 Å². The summed E-state index contributed by atoms with van der Waals surface area (Å²) in [6.45, 7) is 8.17. The molecule has 1 N–H and O–H groups in total. The summed E-state index contributed by atoms with van der Waals surface area (Å²) in [5.74, 6) is 0.891. The number of rotatable bonds is 4.